The maximum absolute atomic E-state index is 13.0. The van der Waals surface area contributed by atoms with E-state index in [4.69, 9.17) is 0 Å². The van der Waals surface area contributed by atoms with Crippen LogP contribution in [-0.4, -0.2) is 21.9 Å². The number of halogens is 1. The third-order valence-corrected chi connectivity index (χ3v) is 4.47. The summed E-state index contributed by atoms with van der Waals surface area (Å²) >= 11 is 0. The van der Waals surface area contributed by atoms with Crippen LogP contribution in [0.2, 0.25) is 0 Å². The van der Waals surface area contributed by atoms with Gasteiger partial charge in [-0.1, -0.05) is 25.0 Å². The fourth-order valence-electron chi connectivity index (χ4n) is 2.35. The van der Waals surface area contributed by atoms with Crippen LogP contribution < -0.4 is 5.32 Å². The summed E-state index contributed by atoms with van der Waals surface area (Å²) in [5.41, 5.74) is 0.659. The molecule has 0 heterocycles. The van der Waals surface area contributed by atoms with Gasteiger partial charge in [0.15, 0.2) is 0 Å². The molecule has 1 aliphatic rings. The van der Waals surface area contributed by atoms with Crippen molar-refractivity contribution in [2.75, 3.05) is 5.75 Å². The predicted molar refractivity (Wildman–Crippen MR) is 73.5 cm³/mol. The molecule has 1 amide bonds. The van der Waals surface area contributed by atoms with Crippen LogP contribution in [0.5, 0.6) is 0 Å². The number of hydrogen-bond donors (Lipinski definition) is 1. The Balaban J connectivity index is 1.78. The van der Waals surface area contributed by atoms with Gasteiger partial charge in [-0.3, -0.25) is 9.00 Å². The fraction of sp³-hybridized carbons (Fsp3) is 0.500. The third kappa shape index (κ3) is 4.74. The van der Waals surface area contributed by atoms with Crippen LogP contribution in [0.25, 0.3) is 0 Å². The lowest BCUT2D eigenvalue weighted by Crippen LogP contribution is -2.35. The van der Waals surface area contributed by atoms with Crippen molar-refractivity contribution in [1.82, 2.24) is 5.32 Å². The number of carbonyl (C=O) groups excluding carboxylic acids is 1. The minimum Gasteiger partial charge on any atom is -0.353 e. The molecule has 1 saturated carbocycles. The van der Waals surface area contributed by atoms with Crippen LogP contribution in [0.1, 0.15) is 31.2 Å². The van der Waals surface area contributed by atoms with Crippen LogP contribution in [0, 0.1) is 5.82 Å². The normalized spacial score (nSPS) is 17.3. The molecule has 0 aromatic heterocycles. The molecule has 2 rings (SSSR count). The molecule has 104 valence electrons. The SMILES string of the molecule is O=C(C[S@](=O)Cc1cccc(F)c1)NC1CCCC1. The van der Waals surface area contributed by atoms with Gasteiger partial charge in [-0.15, -0.1) is 0 Å². The van der Waals surface area contributed by atoms with Gasteiger partial charge < -0.3 is 5.32 Å². The van der Waals surface area contributed by atoms with Crippen molar-refractivity contribution in [1.29, 1.82) is 0 Å². The molecule has 0 saturated heterocycles. The molecule has 5 heteroatoms. The van der Waals surface area contributed by atoms with Gasteiger partial charge in [0.1, 0.15) is 11.6 Å². The monoisotopic (exact) mass is 283 g/mol. The topological polar surface area (TPSA) is 46.2 Å². The van der Waals surface area contributed by atoms with E-state index in [-0.39, 0.29) is 29.3 Å². The molecule has 1 atom stereocenters. The first kappa shape index (κ1) is 14.2. The highest BCUT2D eigenvalue weighted by Crippen LogP contribution is 2.17. The lowest BCUT2D eigenvalue weighted by atomic mass is 10.2. The van der Waals surface area contributed by atoms with E-state index in [0.717, 1.165) is 25.7 Å². The Morgan fingerprint density at radius 1 is 1.37 bits per heavy atom. The van der Waals surface area contributed by atoms with Gasteiger partial charge in [0, 0.05) is 22.6 Å². The summed E-state index contributed by atoms with van der Waals surface area (Å²) in [6.45, 7) is 0. The van der Waals surface area contributed by atoms with Crippen molar-refractivity contribution in [3.05, 3.63) is 35.6 Å². The van der Waals surface area contributed by atoms with Crippen molar-refractivity contribution in [3.63, 3.8) is 0 Å². The molecule has 1 aromatic rings. The van der Waals surface area contributed by atoms with E-state index >= 15 is 0 Å². The molecular formula is C14H18FNO2S. The second-order valence-electron chi connectivity index (χ2n) is 4.91. The quantitative estimate of drug-likeness (QED) is 0.900. The number of benzene rings is 1. The van der Waals surface area contributed by atoms with E-state index in [1.165, 1.54) is 12.1 Å². The minimum atomic E-state index is -1.29. The van der Waals surface area contributed by atoms with E-state index in [0.29, 0.717) is 5.56 Å². The number of carbonyl (C=O) groups is 1. The van der Waals surface area contributed by atoms with E-state index in [9.17, 15) is 13.4 Å². The van der Waals surface area contributed by atoms with Crippen molar-refractivity contribution in [2.45, 2.75) is 37.5 Å². The Morgan fingerprint density at radius 2 is 2.11 bits per heavy atom. The first-order valence-corrected chi connectivity index (χ1v) is 8.01. The molecule has 1 aliphatic carbocycles. The third-order valence-electron chi connectivity index (χ3n) is 3.23. The lowest BCUT2D eigenvalue weighted by molar-refractivity contribution is -0.119. The molecule has 0 spiro atoms. The lowest BCUT2D eigenvalue weighted by Gasteiger charge is -2.11. The maximum atomic E-state index is 13.0. The fourth-order valence-corrected chi connectivity index (χ4v) is 3.38. The Bertz CT molecular complexity index is 472. The van der Waals surface area contributed by atoms with Crippen LogP contribution in [-0.2, 0) is 21.3 Å². The van der Waals surface area contributed by atoms with Gasteiger partial charge in [0.25, 0.3) is 0 Å². The zero-order valence-electron chi connectivity index (χ0n) is 10.7. The standard InChI is InChI=1S/C14H18FNO2S/c15-12-5-3-4-11(8-12)9-19(18)10-14(17)16-13-6-1-2-7-13/h3-5,8,13H,1-2,6-7,9-10H2,(H,16,17)/t19-/m1/s1. The highest BCUT2D eigenvalue weighted by Gasteiger charge is 2.18. The number of amides is 1. The zero-order valence-corrected chi connectivity index (χ0v) is 11.5. The summed E-state index contributed by atoms with van der Waals surface area (Å²) in [6.07, 6.45) is 4.33. The highest BCUT2D eigenvalue weighted by molar-refractivity contribution is 7.84. The van der Waals surface area contributed by atoms with E-state index in [1.807, 2.05) is 0 Å². The van der Waals surface area contributed by atoms with Crippen molar-refractivity contribution < 1.29 is 13.4 Å². The zero-order chi connectivity index (χ0) is 13.7. The van der Waals surface area contributed by atoms with Gasteiger partial charge in [-0.2, -0.15) is 0 Å². The number of nitrogens with one attached hydrogen (secondary N) is 1. The molecule has 1 N–H and O–H groups in total. The molecule has 3 nitrogen and oxygen atoms in total. The largest absolute Gasteiger partial charge is 0.353 e. The van der Waals surface area contributed by atoms with E-state index < -0.39 is 10.8 Å². The van der Waals surface area contributed by atoms with Crippen molar-refractivity contribution in [2.24, 2.45) is 0 Å². The average molecular weight is 283 g/mol. The van der Waals surface area contributed by atoms with E-state index in [2.05, 4.69) is 5.32 Å². The molecule has 0 aliphatic heterocycles. The van der Waals surface area contributed by atoms with Gasteiger partial charge in [0.2, 0.25) is 5.91 Å². The van der Waals surface area contributed by atoms with Crippen molar-refractivity contribution >= 4 is 16.7 Å². The van der Waals surface area contributed by atoms with Crippen LogP contribution in [0.15, 0.2) is 24.3 Å². The predicted octanol–water partition coefficient (Wildman–Crippen LogP) is 2.13. The Labute approximate surface area is 115 Å². The highest BCUT2D eigenvalue weighted by atomic mass is 32.2. The Hall–Kier alpha value is -1.23. The Kier molecular flexibility index (Phi) is 5.07. The molecule has 19 heavy (non-hydrogen) atoms. The smallest absolute Gasteiger partial charge is 0.232 e. The summed E-state index contributed by atoms with van der Waals surface area (Å²) in [6, 6.07) is 6.25. The molecular weight excluding hydrogens is 265 g/mol. The average Bonchev–Trinajstić information content (AvgIpc) is 2.81. The molecule has 0 unspecified atom stereocenters. The van der Waals surface area contributed by atoms with Gasteiger partial charge in [-0.05, 0) is 30.5 Å². The maximum Gasteiger partial charge on any atom is 0.232 e. The number of hydrogen-bond acceptors (Lipinski definition) is 2. The first-order valence-electron chi connectivity index (χ1n) is 6.52. The summed E-state index contributed by atoms with van der Waals surface area (Å²) in [4.78, 5) is 11.7. The van der Waals surface area contributed by atoms with Gasteiger partial charge >= 0.3 is 0 Å². The Morgan fingerprint density at radius 3 is 2.79 bits per heavy atom. The van der Waals surface area contributed by atoms with Crippen LogP contribution in [0.4, 0.5) is 4.39 Å². The molecule has 0 bridgehead atoms. The second kappa shape index (κ2) is 6.80. The van der Waals surface area contributed by atoms with Crippen LogP contribution >= 0.6 is 0 Å². The van der Waals surface area contributed by atoms with Crippen molar-refractivity contribution in [3.8, 4) is 0 Å². The summed E-state index contributed by atoms with van der Waals surface area (Å²) < 4.78 is 24.8. The van der Waals surface area contributed by atoms with E-state index in [1.54, 1.807) is 12.1 Å². The molecule has 0 radical (unpaired) electrons. The number of rotatable bonds is 5. The summed E-state index contributed by atoms with van der Waals surface area (Å²) in [7, 11) is -1.29. The molecule has 1 aromatic carbocycles. The van der Waals surface area contributed by atoms with Gasteiger partial charge in [-0.25, -0.2) is 4.39 Å². The second-order valence-corrected chi connectivity index (χ2v) is 6.36. The molecule has 1 fully saturated rings. The summed E-state index contributed by atoms with van der Waals surface area (Å²) in [5.74, 6) is -0.297. The minimum absolute atomic E-state index is 0.00693. The summed E-state index contributed by atoms with van der Waals surface area (Å²) in [5, 5.41) is 2.90. The first-order chi connectivity index (χ1) is 9.13. The van der Waals surface area contributed by atoms with Gasteiger partial charge in [0.05, 0.1) is 0 Å². The van der Waals surface area contributed by atoms with Crippen LogP contribution in [0.3, 0.4) is 0 Å².